The van der Waals surface area contributed by atoms with Gasteiger partial charge in [0.05, 0.1) is 15.5 Å². The molecule has 2 aromatic heterocycles. The molecule has 0 saturated carbocycles. The minimum absolute atomic E-state index is 0.0665. The van der Waals surface area contributed by atoms with Gasteiger partial charge in [-0.15, -0.1) is 11.3 Å². The summed E-state index contributed by atoms with van der Waals surface area (Å²) in [5.74, 6) is -0.532. The van der Waals surface area contributed by atoms with E-state index in [0.29, 0.717) is 11.6 Å². The van der Waals surface area contributed by atoms with E-state index in [1.807, 2.05) is 17.5 Å². The molecule has 0 amide bonds. The SMILES string of the molecule is O=S(=O)(Cc1coc(-c2cccs2)n1)c1cccc(F)c1. The summed E-state index contributed by atoms with van der Waals surface area (Å²) in [6.07, 6.45) is 1.31. The monoisotopic (exact) mass is 323 g/mol. The topological polar surface area (TPSA) is 60.2 Å². The van der Waals surface area contributed by atoms with Gasteiger partial charge in [0.25, 0.3) is 0 Å². The fourth-order valence-electron chi connectivity index (χ4n) is 1.83. The summed E-state index contributed by atoms with van der Waals surface area (Å²) in [7, 11) is -3.65. The number of thiophene rings is 1. The summed E-state index contributed by atoms with van der Waals surface area (Å²) >= 11 is 1.45. The van der Waals surface area contributed by atoms with Gasteiger partial charge in [0.15, 0.2) is 9.84 Å². The number of sulfone groups is 1. The number of hydrogen-bond acceptors (Lipinski definition) is 5. The first-order chi connectivity index (χ1) is 10.0. The molecule has 3 rings (SSSR count). The van der Waals surface area contributed by atoms with Gasteiger partial charge < -0.3 is 4.42 Å². The van der Waals surface area contributed by atoms with Gasteiger partial charge in [-0.1, -0.05) is 12.1 Å². The number of nitrogens with zero attached hydrogens (tertiary/aromatic N) is 1. The molecular formula is C14H10FNO3S2. The number of rotatable bonds is 4. The molecule has 3 aromatic rings. The van der Waals surface area contributed by atoms with Gasteiger partial charge in [0.1, 0.15) is 17.8 Å². The maximum Gasteiger partial charge on any atom is 0.236 e. The van der Waals surface area contributed by atoms with Crippen molar-refractivity contribution in [1.29, 1.82) is 0 Å². The zero-order chi connectivity index (χ0) is 14.9. The molecule has 0 aliphatic heterocycles. The molecule has 21 heavy (non-hydrogen) atoms. The lowest BCUT2D eigenvalue weighted by Crippen LogP contribution is -2.05. The number of benzene rings is 1. The Kier molecular flexibility index (Phi) is 3.60. The van der Waals surface area contributed by atoms with Gasteiger partial charge in [-0.2, -0.15) is 0 Å². The Hall–Kier alpha value is -1.99. The second-order valence-corrected chi connectivity index (χ2v) is 7.28. The standard InChI is InChI=1S/C14H10FNO3S2/c15-10-3-1-4-12(7-10)21(17,18)9-11-8-19-14(16-11)13-5-2-6-20-13/h1-8H,9H2. The van der Waals surface area contributed by atoms with E-state index in [4.69, 9.17) is 4.42 Å². The summed E-state index contributed by atoms with van der Waals surface area (Å²) in [4.78, 5) is 4.91. The van der Waals surface area contributed by atoms with Crippen molar-refractivity contribution in [3.63, 3.8) is 0 Å². The summed E-state index contributed by atoms with van der Waals surface area (Å²) in [6, 6.07) is 8.61. The molecule has 0 aliphatic carbocycles. The Morgan fingerprint density at radius 2 is 2.10 bits per heavy atom. The van der Waals surface area contributed by atoms with Crippen LogP contribution in [0.4, 0.5) is 4.39 Å². The fraction of sp³-hybridized carbons (Fsp3) is 0.0714. The molecule has 2 heterocycles. The van der Waals surface area contributed by atoms with Crippen LogP contribution in [0.15, 0.2) is 57.4 Å². The van der Waals surface area contributed by atoms with Gasteiger partial charge in [-0.3, -0.25) is 0 Å². The first-order valence-electron chi connectivity index (χ1n) is 6.01. The van der Waals surface area contributed by atoms with Crippen LogP contribution in [0.3, 0.4) is 0 Å². The average molecular weight is 323 g/mol. The highest BCUT2D eigenvalue weighted by molar-refractivity contribution is 7.90. The zero-order valence-electron chi connectivity index (χ0n) is 10.7. The molecule has 7 heteroatoms. The lowest BCUT2D eigenvalue weighted by atomic mass is 10.4. The van der Waals surface area contributed by atoms with E-state index in [0.717, 1.165) is 10.9 Å². The van der Waals surface area contributed by atoms with Gasteiger partial charge in [-0.05, 0) is 29.6 Å². The van der Waals surface area contributed by atoms with E-state index >= 15 is 0 Å². The highest BCUT2D eigenvalue weighted by Crippen LogP contribution is 2.25. The second kappa shape index (κ2) is 5.42. The highest BCUT2D eigenvalue weighted by Gasteiger charge is 2.19. The molecular weight excluding hydrogens is 313 g/mol. The van der Waals surface area contributed by atoms with Crippen molar-refractivity contribution in [3.05, 3.63) is 59.6 Å². The number of halogens is 1. The predicted octanol–water partition coefficient (Wildman–Crippen LogP) is 3.52. The van der Waals surface area contributed by atoms with Crippen molar-refractivity contribution in [2.24, 2.45) is 0 Å². The Morgan fingerprint density at radius 3 is 2.81 bits per heavy atom. The lowest BCUT2D eigenvalue weighted by molar-refractivity contribution is 0.573. The molecule has 0 aliphatic rings. The molecule has 0 saturated heterocycles. The van der Waals surface area contributed by atoms with Crippen molar-refractivity contribution in [2.75, 3.05) is 0 Å². The first kappa shape index (κ1) is 14.0. The zero-order valence-corrected chi connectivity index (χ0v) is 12.3. The van der Waals surface area contributed by atoms with Crippen LogP contribution in [0.1, 0.15) is 5.69 Å². The molecule has 0 radical (unpaired) electrons. The largest absolute Gasteiger partial charge is 0.444 e. The molecule has 0 atom stereocenters. The van der Waals surface area contributed by atoms with Crippen molar-refractivity contribution >= 4 is 21.2 Å². The predicted molar refractivity (Wildman–Crippen MR) is 77.1 cm³/mol. The van der Waals surface area contributed by atoms with Crippen LogP contribution in [0, 0.1) is 5.82 Å². The van der Waals surface area contributed by atoms with Gasteiger partial charge in [-0.25, -0.2) is 17.8 Å². The third-order valence-corrected chi connectivity index (χ3v) is 5.28. The Balaban J connectivity index is 1.86. The lowest BCUT2D eigenvalue weighted by Gasteiger charge is -2.01. The fourth-order valence-corrected chi connectivity index (χ4v) is 3.75. The third-order valence-electron chi connectivity index (χ3n) is 2.78. The van der Waals surface area contributed by atoms with Crippen molar-refractivity contribution in [2.45, 2.75) is 10.6 Å². The number of oxazole rings is 1. The third kappa shape index (κ3) is 3.03. The van der Waals surface area contributed by atoms with Crippen molar-refractivity contribution < 1.29 is 17.2 Å². The highest BCUT2D eigenvalue weighted by atomic mass is 32.2. The van der Waals surface area contributed by atoms with Gasteiger partial charge in [0.2, 0.25) is 5.89 Å². The van der Waals surface area contributed by atoms with Crippen LogP contribution in [-0.4, -0.2) is 13.4 Å². The van der Waals surface area contributed by atoms with E-state index in [1.54, 1.807) is 0 Å². The summed E-state index contributed by atoms with van der Waals surface area (Å²) in [5.41, 5.74) is 0.294. The first-order valence-corrected chi connectivity index (χ1v) is 8.54. The normalized spacial score (nSPS) is 11.7. The van der Waals surface area contributed by atoms with E-state index in [2.05, 4.69) is 4.98 Å². The van der Waals surface area contributed by atoms with Gasteiger partial charge in [0, 0.05) is 0 Å². The van der Waals surface area contributed by atoms with Crippen LogP contribution in [0.5, 0.6) is 0 Å². The van der Waals surface area contributed by atoms with E-state index < -0.39 is 15.7 Å². The summed E-state index contributed by atoms with van der Waals surface area (Å²) in [5, 5.41) is 1.88. The minimum Gasteiger partial charge on any atom is -0.444 e. The van der Waals surface area contributed by atoms with Gasteiger partial charge >= 0.3 is 0 Å². The van der Waals surface area contributed by atoms with Crippen LogP contribution >= 0.6 is 11.3 Å². The maximum atomic E-state index is 13.1. The van der Waals surface area contributed by atoms with Crippen LogP contribution in [-0.2, 0) is 15.6 Å². The number of aromatic nitrogens is 1. The molecule has 0 N–H and O–H groups in total. The maximum absolute atomic E-state index is 13.1. The summed E-state index contributed by atoms with van der Waals surface area (Å²) < 4.78 is 42.8. The van der Waals surface area contributed by atoms with Crippen molar-refractivity contribution in [3.8, 4) is 10.8 Å². The van der Waals surface area contributed by atoms with Crippen LogP contribution in [0.2, 0.25) is 0 Å². The molecule has 0 bridgehead atoms. The van der Waals surface area contributed by atoms with Crippen molar-refractivity contribution in [1.82, 2.24) is 4.98 Å². The van der Waals surface area contributed by atoms with Crippen LogP contribution < -0.4 is 0 Å². The quantitative estimate of drug-likeness (QED) is 0.737. The Morgan fingerprint density at radius 1 is 1.24 bits per heavy atom. The second-order valence-electron chi connectivity index (χ2n) is 4.34. The van der Waals surface area contributed by atoms with E-state index in [9.17, 15) is 12.8 Å². The molecule has 4 nitrogen and oxygen atoms in total. The smallest absolute Gasteiger partial charge is 0.236 e. The molecule has 0 unspecified atom stereocenters. The molecule has 0 fully saturated rings. The molecule has 108 valence electrons. The molecule has 0 spiro atoms. The average Bonchev–Trinajstić information content (AvgIpc) is 3.08. The van der Waals surface area contributed by atoms with Crippen LogP contribution in [0.25, 0.3) is 10.8 Å². The number of hydrogen-bond donors (Lipinski definition) is 0. The van der Waals surface area contributed by atoms with E-state index in [1.165, 1.54) is 35.8 Å². The minimum atomic E-state index is -3.65. The molecule has 1 aromatic carbocycles. The van der Waals surface area contributed by atoms with E-state index in [-0.39, 0.29) is 10.6 Å². The summed E-state index contributed by atoms with van der Waals surface area (Å²) in [6.45, 7) is 0. The Labute approximate surface area is 124 Å². The Bertz CT molecular complexity index is 854.